The van der Waals surface area contributed by atoms with Crippen molar-refractivity contribution in [1.82, 2.24) is 5.32 Å². The summed E-state index contributed by atoms with van der Waals surface area (Å²) in [4.78, 5) is 1.54. The highest BCUT2D eigenvalue weighted by atomic mass is 32.1. The number of hydrogen-bond acceptors (Lipinski definition) is 2. The molecule has 1 aromatic heterocycles. The lowest BCUT2D eigenvalue weighted by atomic mass is 9.72. The van der Waals surface area contributed by atoms with Crippen LogP contribution in [0.5, 0.6) is 0 Å². The molecule has 1 aliphatic rings. The average molecular weight is 195 g/mol. The summed E-state index contributed by atoms with van der Waals surface area (Å²) in [6.07, 6.45) is 2.79. The van der Waals surface area contributed by atoms with Crippen molar-refractivity contribution in [1.29, 1.82) is 0 Å². The molecule has 2 heteroatoms. The molecule has 0 saturated heterocycles. The highest BCUT2D eigenvalue weighted by Crippen LogP contribution is 2.43. The third kappa shape index (κ3) is 1.79. The molecule has 0 unspecified atom stereocenters. The van der Waals surface area contributed by atoms with E-state index in [4.69, 9.17) is 0 Å². The fourth-order valence-corrected chi connectivity index (χ4v) is 3.15. The van der Waals surface area contributed by atoms with E-state index in [0.717, 1.165) is 18.4 Å². The van der Waals surface area contributed by atoms with Gasteiger partial charge in [0.25, 0.3) is 0 Å². The van der Waals surface area contributed by atoms with Crippen LogP contribution in [0.25, 0.3) is 0 Å². The van der Waals surface area contributed by atoms with Gasteiger partial charge in [-0.2, -0.15) is 0 Å². The molecule has 0 radical (unpaired) electrons. The van der Waals surface area contributed by atoms with Crippen LogP contribution in [0.15, 0.2) is 11.4 Å². The molecule has 2 rings (SSSR count). The van der Waals surface area contributed by atoms with Crippen LogP contribution in [0.4, 0.5) is 0 Å². The van der Waals surface area contributed by atoms with Crippen LogP contribution in [-0.4, -0.2) is 7.05 Å². The Bertz CT molecular complexity index is 273. The Morgan fingerprint density at radius 3 is 2.92 bits per heavy atom. The number of thiophene rings is 1. The van der Waals surface area contributed by atoms with Crippen LogP contribution >= 0.6 is 11.3 Å². The topological polar surface area (TPSA) is 12.0 Å². The fourth-order valence-electron chi connectivity index (χ4n) is 2.17. The standard InChI is InChI=1S/C11H17NS/c1-8-5-9(6-8)10-3-4-13-11(10)7-12-2/h3-4,8-9,12H,5-7H2,1-2H3. The zero-order valence-electron chi connectivity index (χ0n) is 8.34. The van der Waals surface area contributed by atoms with Crippen molar-refractivity contribution in [3.05, 3.63) is 21.9 Å². The van der Waals surface area contributed by atoms with Crippen LogP contribution in [0.2, 0.25) is 0 Å². The van der Waals surface area contributed by atoms with Gasteiger partial charge in [-0.25, -0.2) is 0 Å². The maximum Gasteiger partial charge on any atom is 0.0299 e. The predicted octanol–water partition coefficient (Wildman–Crippen LogP) is 2.98. The van der Waals surface area contributed by atoms with Crippen LogP contribution in [-0.2, 0) is 6.54 Å². The summed E-state index contributed by atoms with van der Waals surface area (Å²) in [5.41, 5.74) is 1.61. The van der Waals surface area contributed by atoms with E-state index in [1.54, 1.807) is 10.4 Å². The van der Waals surface area contributed by atoms with Crippen LogP contribution in [0.1, 0.15) is 36.1 Å². The molecule has 0 aliphatic heterocycles. The van der Waals surface area contributed by atoms with Gasteiger partial charge in [-0.1, -0.05) is 6.92 Å². The van der Waals surface area contributed by atoms with Crippen molar-refractivity contribution in [2.45, 2.75) is 32.2 Å². The van der Waals surface area contributed by atoms with E-state index in [1.807, 2.05) is 18.4 Å². The molecule has 1 saturated carbocycles. The molecule has 0 spiro atoms. The van der Waals surface area contributed by atoms with E-state index in [9.17, 15) is 0 Å². The molecule has 1 aliphatic carbocycles. The second-order valence-electron chi connectivity index (χ2n) is 4.10. The van der Waals surface area contributed by atoms with Crippen molar-refractivity contribution in [2.75, 3.05) is 7.05 Å². The monoisotopic (exact) mass is 195 g/mol. The summed E-state index contributed by atoms with van der Waals surface area (Å²) in [6, 6.07) is 2.31. The Kier molecular flexibility index (Phi) is 2.70. The van der Waals surface area contributed by atoms with Crippen molar-refractivity contribution >= 4 is 11.3 Å². The lowest BCUT2D eigenvalue weighted by Crippen LogP contribution is -2.20. The first kappa shape index (κ1) is 9.22. The van der Waals surface area contributed by atoms with Gasteiger partial charge in [0.1, 0.15) is 0 Å². The third-order valence-electron chi connectivity index (χ3n) is 2.93. The summed E-state index contributed by atoms with van der Waals surface area (Å²) < 4.78 is 0. The quantitative estimate of drug-likeness (QED) is 0.782. The van der Waals surface area contributed by atoms with Crippen molar-refractivity contribution in [2.24, 2.45) is 5.92 Å². The van der Waals surface area contributed by atoms with Crippen LogP contribution in [0.3, 0.4) is 0 Å². The summed E-state index contributed by atoms with van der Waals surface area (Å²) >= 11 is 1.89. The second kappa shape index (κ2) is 3.81. The Hall–Kier alpha value is -0.340. The molecule has 1 nitrogen and oxygen atoms in total. The second-order valence-corrected chi connectivity index (χ2v) is 5.10. The van der Waals surface area contributed by atoms with Gasteiger partial charge in [-0.3, -0.25) is 0 Å². The molecule has 1 heterocycles. The highest BCUT2D eigenvalue weighted by molar-refractivity contribution is 7.10. The fraction of sp³-hybridized carbons (Fsp3) is 0.636. The molecule has 0 bridgehead atoms. The predicted molar refractivity (Wildman–Crippen MR) is 58.2 cm³/mol. The summed E-state index contributed by atoms with van der Waals surface area (Å²) in [5, 5.41) is 5.46. The molecule has 0 atom stereocenters. The SMILES string of the molecule is CNCc1sccc1C1CC(C)C1. The lowest BCUT2D eigenvalue weighted by molar-refractivity contribution is 0.288. The maximum atomic E-state index is 3.24. The summed E-state index contributed by atoms with van der Waals surface area (Å²) in [5.74, 6) is 1.82. The normalized spacial score (nSPS) is 27.2. The molecular formula is C11H17NS. The van der Waals surface area contributed by atoms with Gasteiger partial charge in [0.05, 0.1) is 0 Å². The van der Waals surface area contributed by atoms with Gasteiger partial charge in [0, 0.05) is 11.4 Å². The zero-order valence-corrected chi connectivity index (χ0v) is 9.16. The van der Waals surface area contributed by atoms with E-state index < -0.39 is 0 Å². The Labute approximate surface area is 84.2 Å². The van der Waals surface area contributed by atoms with E-state index >= 15 is 0 Å². The van der Waals surface area contributed by atoms with Gasteiger partial charge in [0.15, 0.2) is 0 Å². The van der Waals surface area contributed by atoms with Gasteiger partial charge >= 0.3 is 0 Å². The Morgan fingerprint density at radius 1 is 1.54 bits per heavy atom. The van der Waals surface area contributed by atoms with Crippen molar-refractivity contribution < 1.29 is 0 Å². The minimum Gasteiger partial charge on any atom is -0.315 e. The van der Waals surface area contributed by atoms with Crippen molar-refractivity contribution in [3.63, 3.8) is 0 Å². The Morgan fingerprint density at radius 2 is 2.31 bits per heavy atom. The number of nitrogens with one attached hydrogen (secondary N) is 1. The first-order chi connectivity index (χ1) is 6.31. The van der Waals surface area contributed by atoms with E-state index in [0.29, 0.717) is 0 Å². The largest absolute Gasteiger partial charge is 0.315 e. The summed E-state index contributed by atoms with van der Waals surface area (Å²) in [6.45, 7) is 3.39. The minimum atomic E-state index is 0.865. The first-order valence-corrected chi connectivity index (χ1v) is 5.90. The van der Waals surface area contributed by atoms with E-state index in [-0.39, 0.29) is 0 Å². The van der Waals surface area contributed by atoms with Crippen molar-refractivity contribution in [3.8, 4) is 0 Å². The molecule has 13 heavy (non-hydrogen) atoms. The smallest absolute Gasteiger partial charge is 0.0299 e. The van der Waals surface area contributed by atoms with Gasteiger partial charge in [-0.05, 0) is 48.7 Å². The molecular weight excluding hydrogens is 178 g/mol. The molecule has 0 amide bonds. The molecule has 0 aromatic carbocycles. The molecule has 1 fully saturated rings. The average Bonchev–Trinajstić information content (AvgIpc) is 2.48. The maximum absolute atomic E-state index is 3.24. The first-order valence-electron chi connectivity index (χ1n) is 5.02. The molecule has 72 valence electrons. The minimum absolute atomic E-state index is 0.865. The van der Waals surface area contributed by atoms with E-state index in [2.05, 4.69) is 23.7 Å². The van der Waals surface area contributed by atoms with Crippen LogP contribution in [0, 0.1) is 5.92 Å². The van der Waals surface area contributed by atoms with Gasteiger partial charge in [0.2, 0.25) is 0 Å². The number of hydrogen-bond donors (Lipinski definition) is 1. The number of rotatable bonds is 3. The van der Waals surface area contributed by atoms with Crippen LogP contribution < -0.4 is 5.32 Å². The van der Waals surface area contributed by atoms with Gasteiger partial charge in [-0.15, -0.1) is 11.3 Å². The zero-order chi connectivity index (χ0) is 9.26. The highest BCUT2D eigenvalue weighted by Gasteiger charge is 2.28. The van der Waals surface area contributed by atoms with Gasteiger partial charge < -0.3 is 5.32 Å². The summed E-state index contributed by atoms with van der Waals surface area (Å²) in [7, 11) is 2.02. The lowest BCUT2D eigenvalue weighted by Gasteiger charge is -2.33. The van der Waals surface area contributed by atoms with E-state index in [1.165, 1.54) is 12.8 Å². The molecule has 1 aromatic rings. The Balaban J connectivity index is 2.06. The third-order valence-corrected chi connectivity index (χ3v) is 3.87. The molecule has 1 N–H and O–H groups in total.